The zero-order valence-corrected chi connectivity index (χ0v) is 21.4. The van der Waals surface area contributed by atoms with Crippen LogP contribution < -0.4 is 15.5 Å². The number of carbonyl (C=O) groups is 1. The molecule has 0 radical (unpaired) electrons. The van der Waals surface area contributed by atoms with Crippen molar-refractivity contribution in [3.8, 4) is 11.4 Å². The number of rotatable bonds is 5. The third-order valence-corrected chi connectivity index (χ3v) is 7.40. The molecule has 0 spiro atoms. The van der Waals surface area contributed by atoms with Crippen LogP contribution in [0.1, 0.15) is 29.8 Å². The van der Waals surface area contributed by atoms with E-state index in [9.17, 15) is 14.3 Å². The van der Waals surface area contributed by atoms with Crippen LogP contribution in [0, 0.1) is 5.82 Å². The normalized spacial score (nSPS) is 18.1. The van der Waals surface area contributed by atoms with E-state index < -0.39 is 11.4 Å². The number of aromatic nitrogens is 4. The molecule has 3 N–H and O–H groups in total. The maximum atomic E-state index is 14.2. The summed E-state index contributed by atoms with van der Waals surface area (Å²) in [5.41, 5.74) is 3.28. The highest BCUT2D eigenvalue weighted by Gasteiger charge is 2.35. The largest absolute Gasteiger partial charge is 0.389 e. The first-order valence-electron chi connectivity index (χ1n) is 12.5. The topological polar surface area (TPSA) is 111 Å². The van der Waals surface area contributed by atoms with E-state index in [-0.39, 0.29) is 17.6 Å². The van der Waals surface area contributed by atoms with Gasteiger partial charge < -0.3 is 20.6 Å². The number of nitrogens with one attached hydrogen (secondary N) is 2. The number of aliphatic hydroxyl groups is 1. The monoisotopic (exact) mass is 516 g/mol. The molecule has 1 saturated heterocycles. The number of carbonyl (C=O) groups excluding carboxylic acids is 1. The van der Waals surface area contributed by atoms with Crippen LogP contribution in [0.25, 0.3) is 17.0 Å². The second-order valence-corrected chi connectivity index (χ2v) is 10.4. The van der Waals surface area contributed by atoms with Gasteiger partial charge >= 0.3 is 0 Å². The smallest absolute Gasteiger partial charge is 0.254 e. The molecule has 196 valence electrons. The second kappa shape index (κ2) is 9.03. The molecular formula is C27H29FN8O2. The van der Waals surface area contributed by atoms with E-state index in [0.29, 0.717) is 41.5 Å². The Morgan fingerprint density at radius 3 is 2.74 bits per heavy atom. The molecule has 2 aliphatic heterocycles. The molecule has 11 heteroatoms. The summed E-state index contributed by atoms with van der Waals surface area (Å²) < 4.78 is 15.8. The number of imidazole rings is 1. The zero-order valence-electron chi connectivity index (χ0n) is 21.4. The Hall–Kier alpha value is -4.09. The Morgan fingerprint density at radius 2 is 1.97 bits per heavy atom. The molecule has 0 aliphatic carbocycles. The molecule has 6 rings (SSSR count). The number of anilines is 3. The van der Waals surface area contributed by atoms with Crippen LogP contribution in [0.5, 0.6) is 0 Å². The molecular weight excluding hydrogens is 487 g/mol. The molecule has 0 aromatic carbocycles. The van der Waals surface area contributed by atoms with Crippen molar-refractivity contribution >= 4 is 28.7 Å². The number of amides is 1. The van der Waals surface area contributed by atoms with E-state index >= 15 is 0 Å². The molecule has 6 heterocycles. The number of fused-ring (bicyclic) bond motifs is 2. The fraction of sp³-hybridized carbons (Fsp3) is 0.333. The van der Waals surface area contributed by atoms with Gasteiger partial charge in [-0.3, -0.25) is 19.1 Å². The van der Waals surface area contributed by atoms with E-state index in [4.69, 9.17) is 0 Å². The lowest BCUT2D eigenvalue weighted by atomic mass is 9.95. The van der Waals surface area contributed by atoms with E-state index in [1.54, 1.807) is 35.3 Å². The highest BCUT2D eigenvalue weighted by atomic mass is 19.1. The SMILES string of the molecule is CN1CCN(c2ccc(Nc3cnc(-c4cnc5c(F)cccn45)c4c3C(=O)NC4)nc2)C[C@@H]1C(C)(C)O. The summed E-state index contributed by atoms with van der Waals surface area (Å²) in [6.07, 6.45) is 6.69. The molecule has 0 saturated carbocycles. The lowest BCUT2D eigenvalue weighted by Crippen LogP contribution is -2.59. The van der Waals surface area contributed by atoms with Gasteiger partial charge in [-0.1, -0.05) is 0 Å². The third-order valence-electron chi connectivity index (χ3n) is 7.40. The number of piperazine rings is 1. The molecule has 4 aromatic rings. The first kappa shape index (κ1) is 24.3. The van der Waals surface area contributed by atoms with E-state index in [1.807, 2.05) is 33.0 Å². The fourth-order valence-electron chi connectivity index (χ4n) is 5.36. The van der Waals surface area contributed by atoms with Crippen LogP contribution in [-0.4, -0.2) is 73.6 Å². The number of pyridine rings is 3. The van der Waals surface area contributed by atoms with Gasteiger partial charge in [-0.25, -0.2) is 14.4 Å². The summed E-state index contributed by atoms with van der Waals surface area (Å²) in [5.74, 6) is -0.0577. The van der Waals surface area contributed by atoms with Crippen molar-refractivity contribution in [2.45, 2.75) is 32.0 Å². The molecule has 2 aliphatic rings. The van der Waals surface area contributed by atoms with Crippen molar-refractivity contribution < 1.29 is 14.3 Å². The molecule has 4 aromatic heterocycles. The van der Waals surface area contributed by atoms with Crippen molar-refractivity contribution in [1.29, 1.82) is 0 Å². The molecule has 1 amide bonds. The summed E-state index contributed by atoms with van der Waals surface area (Å²) >= 11 is 0. The molecule has 0 unspecified atom stereocenters. The summed E-state index contributed by atoms with van der Waals surface area (Å²) in [5, 5.41) is 16.7. The summed E-state index contributed by atoms with van der Waals surface area (Å²) in [6, 6.07) is 6.82. The van der Waals surface area contributed by atoms with Crippen molar-refractivity contribution in [1.82, 2.24) is 29.6 Å². The van der Waals surface area contributed by atoms with E-state index in [1.165, 1.54) is 6.07 Å². The lowest BCUT2D eigenvalue weighted by molar-refractivity contribution is -0.0140. The minimum Gasteiger partial charge on any atom is -0.389 e. The maximum absolute atomic E-state index is 14.2. The average Bonchev–Trinajstić information content (AvgIpc) is 3.50. The average molecular weight is 517 g/mol. The number of nitrogens with zero attached hydrogens (tertiary/aromatic N) is 6. The van der Waals surface area contributed by atoms with Crippen molar-refractivity contribution in [3.05, 3.63) is 66.0 Å². The van der Waals surface area contributed by atoms with Gasteiger partial charge in [0, 0.05) is 37.9 Å². The highest BCUT2D eigenvalue weighted by Crippen LogP contribution is 2.34. The van der Waals surface area contributed by atoms with Crippen LogP contribution >= 0.6 is 0 Å². The Bertz CT molecular complexity index is 1530. The van der Waals surface area contributed by atoms with Crippen molar-refractivity contribution in [3.63, 3.8) is 0 Å². The Labute approximate surface area is 219 Å². The zero-order chi connectivity index (χ0) is 26.6. The molecule has 10 nitrogen and oxygen atoms in total. The standard InChI is InChI=1S/C27H29FN8O2/c1-27(2,38)21-15-35(10-9-34(21)3)16-6-7-22(29-11-16)33-19-13-30-24(17-12-32-26(37)23(17)19)20-14-31-25-18(28)5-4-8-36(20)25/h4-8,11,13-14,21,38H,9-10,12,15H2,1-3H3,(H,29,33)(H,32,37)/t21-/m1/s1. The van der Waals surface area contributed by atoms with Crippen LogP contribution in [0.4, 0.5) is 21.6 Å². The number of halogens is 1. The fourth-order valence-corrected chi connectivity index (χ4v) is 5.36. The number of hydrogen-bond donors (Lipinski definition) is 3. The van der Waals surface area contributed by atoms with Crippen LogP contribution in [0.2, 0.25) is 0 Å². The summed E-state index contributed by atoms with van der Waals surface area (Å²) in [7, 11) is 2.03. The van der Waals surface area contributed by atoms with Gasteiger partial charge in [0.2, 0.25) is 0 Å². The Balaban J connectivity index is 1.27. The second-order valence-electron chi connectivity index (χ2n) is 10.4. The van der Waals surface area contributed by atoms with Gasteiger partial charge in [0.1, 0.15) is 5.82 Å². The van der Waals surface area contributed by atoms with Gasteiger partial charge in [-0.15, -0.1) is 0 Å². The predicted molar refractivity (Wildman–Crippen MR) is 142 cm³/mol. The van der Waals surface area contributed by atoms with Gasteiger partial charge in [0.15, 0.2) is 11.5 Å². The van der Waals surface area contributed by atoms with Gasteiger partial charge in [-0.2, -0.15) is 0 Å². The first-order valence-corrected chi connectivity index (χ1v) is 12.5. The number of hydrogen-bond acceptors (Lipinski definition) is 8. The number of likely N-dealkylation sites (N-methyl/N-ethyl adjacent to an activating group) is 1. The maximum Gasteiger partial charge on any atom is 0.254 e. The van der Waals surface area contributed by atoms with Crippen LogP contribution in [0.15, 0.2) is 49.1 Å². The Kier molecular flexibility index (Phi) is 5.77. The molecule has 38 heavy (non-hydrogen) atoms. The van der Waals surface area contributed by atoms with Crippen molar-refractivity contribution in [2.75, 3.05) is 36.9 Å². The van der Waals surface area contributed by atoms with Gasteiger partial charge in [-0.05, 0) is 45.2 Å². The Morgan fingerprint density at radius 1 is 1.13 bits per heavy atom. The van der Waals surface area contributed by atoms with Gasteiger partial charge in [0.05, 0.1) is 58.6 Å². The summed E-state index contributed by atoms with van der Waals surface area (Å²) in [4.78, 5) is 30.6. The van der Waals surface area contributed by atoms with E-state index in [0.717, 1.165) is 24.3 Å². The minimum absolute atomic E-state index is 0.00384. The third kappa shape index (κ3) is 4.13. The lowest BCUT2D eigenvalue weighted by Gasteiger charge is -2.45. The first-order chi connectivity index (χ1) is 18.2. The quantitative estimate of drug-likeness (QED) is 0.372. The molecule has 0 bridgehead atoms. The van der Waals surface area contributed by atoms with E-state index in [2.05, 4.69) is 35.4 Å². The molecule has 1 atom stereocenters. The molecule has 1 fully saturated rings. The van der Waals surface area contributed by atoms with Gasteiger partial charge in [0.25, 0.3) is 5.91 Å². The predicted octanol–water partition coefficient (Wildman–Crippen LogP) is 2.81. The van der Waals surface area contributed by atoms with Crippen LogP contribution in [0.3, 0.4) is 0 Å². The minimum atomic E-state index is -0.820. The van der Waals surface area contributed by atoms with Crippen LogP contribution in [-0.2, 0) is 6.54 Å². The summed E-state index contributed by atoms with van der Waals surface area (Å²) in [6.45, 7) is 6.36. The highest BCUT2D eigenvalue weighted by molar-refractivity contribution is 6.05. The van der Waals surface area contributed by atoms with Crippen molar-refractivity contribution in [2.24, 2.45) is 0 Å².